The average Bonchev–Trinajstić information content (AvgIpc) is 2.76. The third-order valence-electron chi connectivity index (χ3n) is 6.83. The molecule has 2 saturated carbocycles. The molecule has 0 unspecified atom stereocenters. The quantitative estimate of drug-likeness (QED) is 0.470. The highest BCUT2D eigenvalue weighted by Crippen LogP contribution is 2.39. The van der Waals surface area contributed by atoms with Crippen LogP contribution in [0.3, 0.4) is 0 Å². The fourth-order valence-electron chi connectivity index (χ4n) is 5.21. The van der Waals surface area contributed by atoms with Gasteiger partial charge in [-0.25, -0.2) is 0 Å². The molecule has 0 amide bonds. The van der Waals surface area contributed by atoms with Gasteiger partial charge in [0.25, 0.3) is 12.4 Å². The third kappa shape index (κ3) is 3.94. The molecule has 2 aromatic rings. The molecule has 1 heteroatoms. The van der Waals surface area contributed by atoms with Gasteiger partial charge in [-0.3, -0.25) is 0 Å². The predicted octanol–water partition coefficient (Wildman–Crippen LogP) is 6.00. The molecule has 0 spiro atoms. The molecular weight excluding hydrogens is 326 g/mol. The Morgan fingerprint density at radius 1 is 0.519 bits per heavy atom. The molecule has 140 valence electrons. The van der Waals surface area contributed by atoms with Crippen molar-refractivity contribution in [2.24, 2.45) is 0 Å². The molecule has 1 nitrogen and oxygen atoms in total. The summed E-state index contributed by atoms with van der Waals surface area (Å²) in [7, 11) is 0. The summed E-state index contributed by atoms with van der Waals surface area (Å²) in [5.74, 6) is 0. The Morgan fingerprint density at radius 3 is 1.26 bits per heavy atom. The minimum atomic E-state index is 0.128. The Morgan fingerprint density at radius 2 is 0.889 bits per heavy atom. The van der Waals surface area contributed by atoms with Gasteiger partial charge in [-0.05, 0) is 36.8 Å². The summed E-state index contributed by atoms with van der Waals surface area (Å²) in [6.45, 7) is 0. The lowest BCUT2D eigenvalue weighted by Crippen LogP contribution is -2.34. The summed E-state index contributed by atoms with van der Waals surface area (Å²) >= 11 is 0. The SMILES string of the molecule is C(=[N+]=CC1(c2ccccc2)CCCCC1)C1(c2ccccc2)CCCCC1. The molecule has 0 N–H and O–H groups in total. The van der Waals surface area contributed by atoms with Crippen LogP contribution >= 0.6 is 0 Å². The van der Waals surface area contributed by atoms with Crippen LogP contribution < -0.4 is 4.67 Å². The number of rotatable bonds is 4. The van der Waals surface area contributed by atoms with Gasteiger partial charge in [-0.2, -0.15) is 0 Å². The van der Waals surface area contributed by atoms with Crippen LogP contribution in [0.5, 0.6) is 0 Å². The summed E-state index contributed by atoms with van der Waals surface area (Å²) in [6.07, 6.45) is 17.5. The van der Waals surface area contributed by atoms with Crippen molar-refractivity contribution in [2.45, 2.75) is 75.0 Å². The minimum absolute atomic E-state index is 0.128. The molecule has 0 aliphatic heterocycles. The van der Waals surface area contributed by atoms with Crippen molar-refractivity contribution >= 4 is 12.4 Å². The Labute approximate surface area is 164 Å². The molecular formula is C26H32N+. The second-order valence-corrected chi connectivity index (χ2v) is 8.57. The monoisotopic (exact) mass is 358 g/mol. The van der Waals surface area contributed by atoms with Gasteiger partial charge in [-0.1, -0.05) is 99.2 Å². The molecule has 0 heterocycles. The molecule has 2 aromatic carbocycles. The fraction of sp³-hybridized carbons (Fsp3) is 0.462. The first kappa shape index (κ1) is 18.3. The normalized spacial score (nSPS) is 21.0. The first-order valence-electron chi connectivity index (χ1n) is 10.8. The van der Waals surface area contributed by atoms with Gasteiger partial charge in [0, 0.05) is 0 Å². The Hall–Kier alpha value is -2.11. The molecule has 2 fully saturated rings. The van der Waals surface area contributed by atoms with Crippen LogP contribution in [0.1, 0.15) is 75.3 Å². The molecule has 4 rings (SSSR count). The van der Waals surface area contributed by atoms with E-state index in [1.54, 1.807) is 0 Å². The lowest BCUT2D eigenvalue weighted by Gasteiger charge is -2.31. The lowest BCUT2D eigenvalue weighted by atomic mass is 9.69. The van der Waals surface area contributed by atoms with Gasteiger partial charge in [0.1, 0.15) is 0 Å². The zero-order valence-electron chi connectivity index (χ0n) is 16.4. The van der Waals surface area contributed by atoms with E-state index in [9.17, 15) is 0 Å². The highest BCUT2D eigenvalue weighted by atomic mass is 14.6. The predicted molar refractivity (Wildman–Crippen MR) is 117 cm³/mol. The lowest BCUT2D eigenvalue weighted by molar-refractivity contribution is 0.382. The second kappa shape index (κ2) is 8.28. The van der Waals surface area contributed by atoms with E-state index in [1.165, 1.54) is 75.3 Å². The van der Waals surface area contributed by atoms with Gasteiger partial charge >= 0.3 is 0 Å². The van der Waals surface area contributed by atoms with Crippen LogP contribution in [0.2, 0.25) is 0 Å². The molecule has 0 bridgehead atoms. The number of nitrogens with zero attached hydrogens (tertiary/aromatic N) is 1. The maximum atomic E-state index is 5.07. The topological polar surface area (TPSA) is 14.1 Å². The van der Waals surface area contributed by atoms with Crippen molar-refractivity contribution in [3.05, 3.63) is 71.8 Å². The van der Waals surface area contributed by atoms with Crippen LogP contribution in [-0.4, -0.2) is 12.4 Å². The average molecular weight is 359 g/mol. The third-order valence-corrected chi connectivity index (χ3v) is 6.83. The zero-order chi connectivity index (χ0) is 18.4. The van der Waals surface area contributed by atoms with E-state index in [0.29, 0.717) is 0 Å². The van der Waals surface area contributed by atoms with E-state index in [2.05, 4.69) is 73.1 Å². The minimum Gasteiger partial charge on any atom is -0.109 e. The van der Waals surface area contributed by atoms with Crippen molar-refractivity contribution in [3.63, 3.8) is 0 Å². The van der Waals surface area contributed by atoms with Gasteiger partial charge in [-0.15, -0.1) is 4.67 Å². The Bertz CT molecular complexity index is 706. The van der Waals surface area contributed by atoms with Crippen LogP contribution in [-0.2, 0) is 10.8 Å². The first-order valence-corrected chi connectivity index (χ1v) is 10.8. The maximum Gasteiger partial charge on any atom is 0.279 e. The molecule has 0 atom stereocenters. The van der Waals surface area contributed by atoms with E-state index in [1.807, 2.05) is 0 Å². The first-order chi connectivity index (χ1) is 13.3. The maximum absolute atomic E-state index is 5.07. The molecule has 2 aliphatic rings. The Balaban J connectivity index is 1.70. The molecule has 2 aliphatic carbocycles. The standard InChI is InChI=1S/C26H32N/c1-5-13-23(14-6-1)25(17-9-3-10-18-25)21-27-22-26(19-11-4-12-20-26)24-15-7-2-8-16-24/h1-2,5-8,13-16,21-22H,3-4,9-12,17-20H2/q+1. The van der Waals surface area contributed by atoms with Crippen LogP contribution in [0, 0.1) is 0 Å². The van der Waals surface area contributed by atoms with Crippen LogP contribution in [0.4, 0.5) is 0 Å². The number of benzene rings is 2. The van der Waals surface area contributed by atoms with Crippen molar-refractivity contribution < 1.29 is 0 Å². The van der Waals surface area contributed by atoms with E-state index in [4.69, 9.17) is 4.67 Å². The van der Waals surface area contributed by atoms with Gasteiger partial charge in [0.15, 0.2) is 0 Å². The molecule has 0 saturated heterocycles. The van der Waals surface area contributed by atoms with Crippen molar-refractivity contribution in [1.82, 2.24) is 4.67 Å². The summed E-state index contributed by atoms with van der Waals surface area (Å²) in [5.41, 5.74) is 3.14. The molecule has 0 aromatic heterocycles. The summed E-state index contributed by atoms with van der Waals surface area (Å²) in [4.78, 5) is 0. The molecule has 27 heavy (non-hydrogen) atoms. The largest absolute Gasteiger partial charge is 0.279 e. The van der Waals surface area contributed by atoms with E-state index >= 15 is 0 Å². The van der Waals surface area contributed by atoms with E-state index < -0.39 is 0 Å². The summed E-state index contributed by atoms with van der Waals surface area (Å²) < 4.78 is 5.07. The summed E-state index contributed by atoms with van der Waals surface area (Å²) in [5, 5.41) is 0. The molecule has 0 radical (unpaired) electrons. The zero-order valence-corrected chi connectivity index (χ0v) is 16.4. The second-order valence-electron chi connectivity index (χ2n) is 8.57. The van der Waals surface area contributed by atoms with E-state index in [0.717, 1.165) is 0 Å². The van der Waals surface area contributed by atoms with Gasteiger partial charge < -0.3 is 0 Å². The highest BCUT2D eigenvalue weighted by molar-refractivity contribution is 5.81. The van der Waals surface area contributed by atoms with Gasteiger partial charge in [0.2, 0.25) is 0 Å². The summed E-state index contributed by atoms with van der Waals surface area (Å²) in [6, 6.07) is 22.1. The van der Waals surface area contributed by atoms with Gasteiger partial charge in [0.05, 0.1) is 10.8 Å². The Kier molecular flexibility index (Phi) is 5.60. The number of hydrogen-bond donors (Lipinski definition) is 0. The highest BCUT2D eigenvalue weighted by Gasteiger charge is 2.39. The van der Waals surface area contributed by atoms with E-state index in [-0.39, 0.29) is 10.8 Å². The van der Waals surface area contributed by atoms with Crippen LogP contribution in [0.15, 0.2) is 60.7 Å². The fourth-order valence-corrected chi connectivity index (χ4v) is 5.21. The van der Waals surface area contributed by atoms with Crippen molar-refractivity contribution in [3.8, 4) is 0 Å². The van der Waals surface area contributed by atoms with Crippen LogP contribution in [0.25, 0.3) is 0 Å². The van der Waals surface area contributed by atoms with Crippen molar-refractivity contribution in [1.29, 1.82) is 0 Å². The number of hydrogen-bond acceptors (Lipinski definition) is 0. The smallest absolute Gasteiger partial charge is 0.109 e. The van der Waals surface area contributed by atoms with Crippen molar-refractivity contribution in [2.75, 3.05) is 0 Å².